The standard InChI is InChI=1S/C14H19BrO3/c1-3-11-12(15)7-5-8-13(11)18-10-6-9-14(16)17-4-2/h5,7-8H,3-4,6,9-10H2,1-2H3. The highest BCUT2D eigenvalue weighted by Gasteiger charge is 2.06. The zero-order valence-electron chi connectivity index (χ0n) is 10.9. The molecule has 0 aromatic heterocycles. The van der Waals surface area contributed by atoms with Gasteiger partial charge in [-0.1, -0.05) is 28.9 Å². The molecule has 0 amide bonds. The van der Waals surface area contributed by atoms with Crippen LogP contribution in [-0.2, 0) is 16.0 Å². The summed E-state index contributed by atoms with van der Waals surface area (Å²) < 4.78 is 11.6. The van der Waals surface area contributed by atoms with Gasteiger partial charge in [-0.3, -0.25) is 4.79 Å². The Hall–Kier alpha value is -1.03. The predicted octanol–water partition coefficient (Wildman–Crippen LogP) is 3.73. The van der Waals surface area contributed by atoms with E-state index in [9.17, 15) is 4.79 Å². The second-order valence-electron chi connectivity index (χ2n) is 3.83. The third-order valence-corrected chi connectivity index (χ3v) is 3.26. The second-order valence-corrected chi connectivity index (χ2v) is 4.68. The first-order valence-electron chi connectivity index (χ1n) is 6.24. The quantitative estimate of drug-likeness (QED) is 0.568. The van der Waals surface area contributed by atoms with Crippen LogP contribution in [0.3, 0.4) is 0 Å². The number of hydrogen-bond acceptors (Lipinski definition) is 3. The van der Waals surface area contributed by atoms with Crippen molar-refractivity contribution in [3.63, 3.8) is 0 Å². The largest absolute Gasteiger partial charge is 0.493 e. The molecular weight excluding hydrogens is 296 g/mol. The lowest BCUT2D eigenvalue weighted by Gasteiger charge is -2.11. The van der Waals surface area contributed by atoms with E-state index in [2.05, 4.69) is 22.9 Å². The maximum Gasteiger partial charge on any atom is 0.305 e. The van der Waals surface area contributed by atoms with Crippen molar-refractivity contribution in [2.75, 3.05) is 13.2 Å². The third kappa shape index (κ3) is 4.69. The molecule has 1 aromatic carbocycles. The molecule has 0 heterocycles. The highest BCUT2D eigenvalue weighted by atomic mass is 79.9. The molecule has 0 aliphatic carbocycles. The van der Waals surface area contributed by atoms with Crippen molar-refractivity contribution in [2.24, 2.45) is 0 Å². The predicted molar refractivity (Wildman–Crippen MR) is 74.9 cm³/mol. The van der Waals surface area contributed by atoms with Gasteiger partial charge in [0, 0.05) is 16.5 Å². The van der Waals surface area contributed by atoms with Crippen LogP contribution in [0.25, 0.3) is 0 Å². The van der Waals surface area contributed by atoms with Crippen LogP contribution in [0.4, 0.5) is 0 Å². The van der Waals surface area contributed by atoms with Crippen LogP contribution in [0, 0.1) is 0 Å². The van der Waals surface area contributed by atoms with E-state index in [-0.39, 0.29) is 5.97 Å². The number of hydrogen-bond donors (Lipinski definition) is 0. The number of halogens is 1. The minimum absolute atomic E-state index is 0.161. The molecule has 0 atom stereocenters. The molecular formula is C14H19BrO3. The Morgan fingerprint density at radius 2 is 2.11 bits per heavy atom. The summed E-state index contributed by atoms with van der Waals surface area (Å²) in [4.78, 5) is 11.1. The summed E-state index contributed by atoms with van der Waals surface area (Å²) in [6.07, 6.45) is 1.99. The summed E-state index contributed by atoms with van der Waals surface area (Å²) in [6, 6.07) is 5.90. The topological polar surface area (TPSA) is 35.5 Å². The van der Waals surface area contributed by atoms with E-state index in [1.165, 1.54) is 0 Å². The van der Waals surface area contributed by atoms with Gasteiger partial charge in [-0.2, -0.15) is 0 Å². The van der Waals surface area contributed by atoms with Crippen molar-refractivity contribution in [1.29, 1.82) is 0 Å². The SMILES string of the molecule is CCOC(=O)CCCOc1cccc(Br)c1CC. The zero-order chi connectivity index (χ0) is 13.4. The van der Waals surface area contributed by atoms with Gasteiger partial charge in [0.1, 0.15) is 5.75 Å². The molecule has 0 aliphatic rings. The number of esters is 1. The molecule has 4 heteroatoms. The molecule has 0 N–H and O–H groups in total. The molecule has 0 spiro atoms. The van der Waals surface area contributed by atoms with Gasteiger partial charge in [-0.15, -0.1) is 0 Å². The van der Waals surface area contributed by atoms with E-state index in [4.69, 9.17) is 9.47 Å². The average Bonchev–Trinajstić information content (AvgIpc) is 2.35. The first-order valence-corrected chi connectivity index (χ1v) is 7.04. The molecule has 0 unspecified atom stereocenters. The van der Waals surface area contributed by atoms with Crippen LogP contribution >= 0.6 is 15.9 Å². The fraction of sp³-hybridized carbons (Fsp3) is 0.500. The number of carbonyl (C=O) groups excluding carboxylic acids is 1. The summed E-state index contributed by atoms with van der Waals surface area (Å²) in [6.45, 7) is 4.86. The number of carbonyl (C=O) groups is 1. The summed E-state index contributed by atoms with van der Waals surface area (Å²) in [5.41, 5.74) is 1.16. The molecule has 3 nitrogen and oxygen atoms in total. The molecule has 0 radical (unpaired) electrons. The van der Waals surface area contributed by atoms with Gasteiger partial charge < -0.3 is 9.47 Å². The molecule has 0 saturated carbocycles. The Kier molecular flexibility index (Phi) is 6.80. The Morgan fingerprint density at radius 1 is 1.33 bits per heavy atom. The van der Waals surface area contributed by atoms with Crippen molar-refractivity contribution in [3.8, 4) is 5.75 Å². The van der Waals surface area contributed by atoms with Crippen LogP contribution in [0.5, 0.6) is 5.75 Å². The maximum atomic E-state index is 11.1. The van der Waals surface area contributed by atoms with Gasteiger partial charge >= 0.3 is 5.97 Å². The lowest BCUT2D eigenvalue weighted by molar-refractivity contribution is -0.143. The smallest absolute Gasteiger partial charge is 0.305 e. The van der Waals surface area contributed by atoms with Gasteiger partial charge in [0.15, 0.2) is 0 Å². The van der Waals surface area contributed by atoms with Crippen molar-refractivity contribution < 1.29 is 14.3 Å². The molecule has 1 rings (SSSR count). The molecule has 100 valence electrons. The van der Waals surface area contributed by atoms with Crippen LogP contribution in [0.2, 0.25) is 0 Å². The molecule has 0 fully saturated rings. The van der Waals surface area contributed by atoms with Gasteiger partial charge in [-0.25, -0.2) is 0 Å². The van der Waals surface area contributed by atoms with Crippen LogP contribution < -0.4 is 4.74 Å². The van der Waals surface area contributed by atoms with Gasteiger partial charge in [0.25, 0.3) is 0 Å². The van der Waals surface area contributed by atoms with Crippen LogP contribution in [-0.4, -0.2) is 19.2 Å². The maximum absolute atomic E-state index is 11.1. The van der Waals surface area contributed by atoms with E-state index < -0.39 is 0 Å². The summed E-state index contributed by atoms with van der Waals surface area (Å²) in [7, 11) is 0. The number of benzene rings is 1. The van der Waals surface area contributed by atoms with Gasteiger partial charge in [-0.05, 0) is 31.9 Å². The fourth-order valence-corrected chi connectivity index (χ4v) is 2.28. The van der Waals surface area contributed by atoms with Gasteiger partial charge in [0.2, 0.25) is 0 Å². The second kappa shape index (κ2) is 8.14. The first kappa shape index (κ1) is 15.0. The van der Waals surface area contributed by atoms with E-state index in [0.29, 0.717) is 26.1 Å². The molecule has 0 saturated heterocycles. The lowest BCUT2D eigenvalue weighted by Crippen LogP contribution is -2.07. The highest BCUT2D eigenvalue weighted by molar-refractivity contribution is 9.10. The van der Waals surface area contributed by atoms with Gasteiger partial charge in [0.05, 0.1) is 13.2 Å². The normalized spacial score (nSPS) is 10.2. The van der Waals surface area contributed by atoms with E-state index in [1.54, 1.807) is 0 Å². The lowest BCUT2D eigenvalue weighted by atomic mass is 10.1. The molecule has 0 aliphatic heterocycles. The first-order chi connectivity index (χ1) is 8.69. The summed E-state index contributed by atoms with van der Waals surface area (Å²) in [5, 5.41) is 0. The highest BCUT2D eigenvalue weighted by Crippen LogP contribution is 2.27. The number of rotatable bonds is 7. The molecule has 1 aromatic rings. The summed E-state index contributed by atoms with van der Waals surface area (Å²) in [5.74, 6) is 0.724. The molecule has 18 heavy (non-hydrogen) atoms. The minimum atomic E-state index is -0.161. The minimum Gasteiger partial charge on any atom is -0.493 e. The number of ether oxygens (including phenoxy) is 2. The van der Waals surface area contributed by atoms with Crippen LogP contribution in [0.1, 0.15) is 32.3 Å². The Bertz CT molecular complexity index is 391. The molecule has 0 bridgehead atoms. The third-order valence-electron chi connectivity index (χ3n) is 2.52. The van der Waals surface area contributed by atoms with E-state index in [1.807, 2.05) is 25.1 Å². The van der Waals surface area contributed by atoms with E-state index >= 15 is 0 Å². The Balaban J connectivity index is 2.40. The van der Waals surface area contributed by atoms with E-state index in [0.717, 1.165) is 22.2 Å². The van der Waals surface area contributed by atoms with Crippen molar-refractivity contribution in [1.82, 2.24) is 0 Å². The average molecular weight is 315 g/mol. The summed E-state index contributed by atoms with van der Waals surface area (Å²) >= 11 is 3.51. The van der Waals surface area contributed by atoms with Crippen molar-refractivity contribution in [2.45, 2.75) is 33.1 Å². The fourth-order valence-electron chi connectivity index (χ4n) is 1.65. The Labute approximate surface area is 117 Å². The monoisotopic (exact) mass is 314 g/mol. The zero-order valence-corrected chi connectivity index (χ0v) is 12.5. The Morgan fingerprint density at radius 3 is 2.78 bits per heavy atom. The van der Waals surface area contributed by atoms with Crippen LogP contribution in [0.15, 0.2) is 22.7 Å². The van der Waals surface area contributed by atoms with Crippen molar-refractivity contribution in [3.05, 3.63) is 28.2 Å². The van der Waals surface area contributed by atoms with Crippen molar-refractivity contribution >= 4 is 21.9 Å².